The number of fused-ring (bicyclic) bond motifs is 2. The van der Waals surface area contributed by atoms with Gasteiger partial charge in [0.1, 0.15) is 0 Å². The summed E-state index contributed by atoms with van der Waals surface area (Å²) in [5.74, 6) is 0.426. The van der Waals surface area contributed by atoms with Crippen LogP contribution in [0.4, 0.5) is 0 Å². The number of piperidine rings is 1. The van der Waals surface area contributed by atoms with Crippen molar-refractivity contribution < 1.29 is 9.90 Å². The Bertz CT molecular complexity index is 435. The van der Waals surface area contributed by atoms with Crippen LogP contribution in [0.5, 0.6) is 0 Å². The van der Waals surface area contributed by atoms with Crippen LogP contribution >= 0.6 is 0 Å². The summed E-state index contributed by atoms with van der Waals surface area (Å²) in [6, 6.07) is 4.12. The number of likely N-dealkylation sites (tertiary alicyclic amines) is 1. The van der Waals surface area contributed by atoms with Crippen molar-refractivity contribution in [3.05, 3.63) is 30.1 Å². The number of hydrogen-bond donors (Lipinski definition) is 1. The summed E-state index contributed by atoms with van der Waals surface area (Å²) >= 11 is 0. The zero-order valence-corrected chi connectivity index (χ0v) is 11.0. The van der Waals surface area contributed by atoms with E-state index in [0.717, 1.165) is 32.5 Å². The Morgan fingerprint density at radius 3 is 2.42 bits per heavy atom. The smallest absolute Gasteiger partial charge is 0.306 e. The SMILES string of the molecule is O=C(O)C1CC2CC(C1)CN(Cc1ccncc1)C2. The second-order valence-electron chi connectivity index (χ2n) is 6.02. The summed E-state index contributed by atoms with van der Waals surface area (Å²) < 4.78 is 0. The van der Waals surface area contributed by atoms with Crippen LogP contribution in [0.2, 0.25) is 0 Å². The van der Waals surface area contributed by atoms with Gasteiger partial charge in [-0.05, 0) is 48.8 Å². The highest BCUT2D eigenvalue weighted by molar-refractivity contribution is 5.70. The second kappa shape index (κ2) is 5.29. The summed E-state index contributed by atoms with van der Waals surface area (Å²) in [6.45, 7) is 3.05. The van der Waals surface area contributed by atoms with Gasteiger partial charge in [-0.15, -0.1) is 0 Å². The maximum absolute atomic E-state index is 11.1. The average Bonchev–Trinajstić information content (AvgIpc) is 2.38. The molecule has 4 heteroatoms. The molecule has 19 heavy (non-hydrogen) atoms. The minimum Gasteiger partial charge on any atom is -0.481 e. The van der Waals surface area contributed by atoms with E-state index in [4.69, 9.17) is 0 Å². The van der Waals surface area contributed by atoms with Crippen LogP contribution < -0.4 is 0 Å². The number of aromatic nitrogens is 1. The van der Waals surface area contributed by atoms with Crippen LogP contribution in [0.1, 0.15) is 24.8 Å². The van der Waals surface area contributed by atoms with Crippen LogP contribution in [-0.2, 0) is 11.3 Å². The molecule has 2 aliphatic rings. The molecule has 0 spiro atoms. The largest absolute Gasteiger partial charge is 0.481 e. The maximum atomic E-state index is 11.1. The molecule has 1 saturated carbocycles. The number of carboxylic acid groups (broad SMARTS) is 1. The lowest BCUT2D eigenvalue weighted by atomic mass is 9.72. The zero-order chi connectivity index (χ0) is 13.2. The standard InChI is InChI=1S/C15H20N2O2/c18-15(19)14-6-12-5-13(7-14)10-17(9-12)8-11-1-3-16-4-2-11/h1-4,12-14H,5-10H2,(H,18,19). The fourth-order valence-corrected chi connectivity index (χ4v) is 3.74. The minimum atomic E-state index is -0.600. The van der Waals surface area contributed by atoms with E-state index >= 15 is 0 Å². The van der Waals surface area contributed by atoms with E-state index in [0.29, 0.717) is 11.8 Å². The van der Waals surface area contributed by atoms with Crippen molar-refractivity contribution in [2.75, 3.05) is 13.1 Å². The van der Waals surface area contributed by atoms with Crippen molar-refractivity contribution in [3.8, 4) is 0 Å². The van der Waals surface area contributed by atoms with Crippen LogP contribution in [0.25, 0.3) is 0 Å². The number of hydrogen-bond acceptors (Lipinski definition) is 3. The monoisotopic (exact) mass is 260 g/mol. The van der Waals surface area contributed by atoms with Crippen molar-refractivity contribution in [2.45, 2.75) is 25.8 Å². The molecule has 2 atom stereocenters. The van der Waals surface area contributed by atoms with Crippen LogP contribution in [0, 0.1) is 17.8 Å². The van der Waals surface area contributed by atoms with Crippen molar-refractivity contribution in [1.82, 2.24) is 9.88 Å². The zero-order valence-electron chi connectivity index (χ0n) is 11.0. The third kappa shape index (κ3) is 2.95. The van der Waals surface area contributed by atoms with Gasteiger partial charge in [0.15, 0.2) is 0 Å². The second-order valence-corrected chi connectivity index (χ2v) is 6.02. The Kier molecular flexibility index (Phi) is 3.51. The molecule has 1 aliphatic carbocycles. The van der Waals surface area contributed by atoms with Crippen molar-refractivity contribution >= 4 is 5.97 Å². The lowest BCUT2D eigenvalue weighted by Gasteiger charge is -2.43. The van der Waals surface area contributed by atoms with Gasteiger partial charge in [0.05, 0.1) is 5.92 Å². The summed E-state index contributed by atoms with van der Waals surface area (Å²) in [5.41, 5.74) is 1.30. The van der Waals surface area contributed by atoms with Crippen LogP contribution in [0.15, 0.2) is 24.5 Å². The fourth-order valence-electron chi connectivity index (χ4n) is 3.74. The molecule has 0 radical (unpaired) electrons. The molecule has 1 N–H and O–H groups in total. The van der Waals surface area contributed by atoms with E-state index in [1.807, 2.05) is 12.4 Å². The summed E-state index contributed by atoms with van der Waals surface area (Å²) in [6.07, 6.45) is 6.61. The molecular weight excluding hydrogens is 240 g/mol. The number of rotatable bonds is 3. The topological polar surface area (TPSA) is 53.4 Å². The molecule has 1 aliphatic heterocycles. The average molecular weight is 260 g/mol. The molecule has 3 rings (SSSR count). The highest BCUT2D eigenvalue weighted by atomic mass is 16.4. The van der Waals surface area contributed by atoms with Gasteiger partial charge in [0, 0.05) is 32.0 Å². The van der Waals surface area contributed by atoms with Gasteiger partial charge in [0.25, 0.3) is 0 Å². The van der Waals surface area contributed by atoms with Crippen LogP contribution in [-0.4, -0.2) is 34.0 Å². The number of carbonyl (C=O) groups is 1. The highest BCUT2D eigenvalue weighted by Gasteiger charge is 2.37. The van der Waals surface area contributed by atoms with E-state index in [1.165, 1.54) is 12.0 Å². The van der Waals surface area contributed by atoms with Gasteiger partial charge in [-0.2, -0.15) is 0 Å². The number of aliphatic carboxylic acids is 1. The number of carboxylic acids is 1. The molecule has 4 nitrogen and oxygen atoms in total. The van der Waals surface area contributed by atoms with Crippen molar-refractivity contribution in [1.29, 1.82) is 0 Å². The van der Waals surface area contributed by atoms with Gasteiger partial charge in [-0.25, -0.2) is 0 Å². The molecule has 2 heterocycles. The first-order chi connectivity index (χ1) is 9.20. The first-order valence-corrected chi connectivity index (χ1v) is 7.05. The van der Waals surface area contributed by atoms with Gasteiger partial charge in [0.2, 0.25) is 0 Å². The summed E-state index contributed by atoms with van der Waals surface area (Å²) in [5, 5.41) is 9.17. The normalized spacial score (nSPS) is 31.1. The lowest BCUT2D eigenvalue weighted by Crippen LogP contribution is -2.45. The van der Waals surface area contributed by atoms with Crippen molar-refractivity contribution in [3.63, 3.8) is 0 Å². The van der Waals surface area contributed by atoms with E-state index in [-0.39, 0.29) is 5.92 Å². The number of nitrogens with zero attached hydrogens (tertiary/aromatic N) is 2. The first-order valence-electron chi connectivity index (χ1n) is 7.05. The third-order valence-electron chi connectivity index (χ3n) is 4.44. The Morgan fingerprint density at radius 1 is 1.21 bits per heavy atom. The molecular formula is C15H20N2O2. The predicted octanol–water partition coefficient (Wildman–Crippen LogP) is 2.01. The Morgan fingerprint density at radius 2 is 1.84 bits per heavy atom. The lowest BCUT2D eigenvalue weighted by molar-refractivity contribution is -0.145. The first kappa shape index (κ1) is 12.6. The molecule has 1 saturated heterocycles. The molecule has 0 aromatic carbocycles. The molecule has 2 fully saturated rings. The maximum Gasteiger partial charge on any atom is 0.306 e. The van der Waals surface area contributed by atoms with Gasteiger partial charge in [-0.3, -0.25) is 14.7 Å². The van der Waals surface area contributed by atoms with E-state index in [2.05, 4.69) is 22.0 Å². The van der Waals surface area contributed by atoms with Gasteiger partial charge >= 0.3 is 5.97 Å². The molecule has 2 unspecified atom stereocenters. The van der Waals surface area contributed by atoms with Gasteiger partial charge < -0.3 is 5.11 Å². The molecule has 1 aromatic heterocycles. The van der Waals surface area contributed by atoms with Crippen molar-refractivity contribution in [2.24, 2.45) is 17.8 Å². The molecule has 2 bridgehead atoms. The Balaban J connectivity index is 1.62. The quantitative estimate of drug-likeness (QED) is 0.903. The highest BCUT2D eigenvalue weighted by Crippen LogP contribution is 2.38. The molecule has 0 amide bonds. The van der Waals surface area contributed by atoms with E-state index in [1.54, 1.807) is 0 Å². The predicted molar refractivity (Wildman–Crippen MR) is 71.5 cm³/mol. The van der Waals surface area contributed by atoms with Crippen LogP contribution in [0.3, 0.4) is 0 Å². The Hall–Kier alpha value is -1.42. The summed E-state index contributed by atoms with van der Waals surface area (Å²) in [7, 11) is 0. The fraction of sp³-hybridized carbons (Fsp3) is 0.600. The number of pyridine rings is 1. The van der Waals surface area contributed by atoms with E-state index < -0.39 is 5.97 Å². The summed E-state index contributed by atoms with van der Waals surface area (Å²) in [4.78, 5) is 17.7. The third-order valence-corrected chi connectivity index (χ3v) is 4.44. The minimum absolute atomic E-state index is 0.105. The molecule has 102 valence electrons. The Labute approximate surface area is 113 Å². The van der Waals surface area contributed by atoms with E-state index in [9.17, 15) is 9.90 Å². The molecule has 1 aromatic rings. The van der Waals surface area contributed by atoms with Gasteiger partial charge in [-0.1, -0.05) is 0 Å².